The first-order valence-electron chi connectivity index (χ1n) is 6.72. The number of nitrogens with zero attached hydrogens (tertiary/aromatic N) is 2. The molecular weight excluding hydrogens is 318 g/mol. The van der Waals surface area contributed by atoms with E-state index in [9.17, 15) is 0 Å². The molecule has 1 aliphatic carbocycles. The third-order valence-electron chi connectivity index (χ3n) is 3.17. The third-order valence-corrected chi connectivity index (χ3v) is 3.80. The molecule has 3 rings (SSSR count). The van der Waals surface area contributed by atoms with E-state index in [1.54, 1.807) is 18.5 Å². The molecular formula is C15H16BrN3O. The van der Waals surface area contributed by atoms with Gasteiger partial charge in [0, 0.05) is 30.5 Å². The Labute approximate surface area is 126 Å². The van der Waals surface area contributed by atoms with E-state index in [0.717, 1.165) is 22.3 Å². The number of hydrogen-bond donors (Lipinski definition) is 1. The fraction of sp³-hybridized carbons (Fsp3) is 0.333. The summed E-state index contributed by atoms with van der Waals surface area (Å²) in [4.78, 5) is 8.34. The Bertz CT molecular complexity index is 573. The third kappa shape index (κ3) is 3.55. The standard InChI is InChI=1S/C15H16BrN3O/c16-13-4-1-3-11(9-19-12-5-6-12)15(13)20-10-14-17-7-2-8-18-14/h1-4,7-8,12,19H,5-6,9-10H2. The second kappa shape index (κ2) is 6.33. The highest BCUT2D eigenvalue weighted by atomic mass is 79.9. The first kappa shape index (κ1) is 13.5. The van der Waals surface area contributed by atoms with Crippen molar-refractivity contribution in [2.75, 3.05) is 0 Å². The van der Waals surface area contributed by atoms with Crippen LogP contribution in [0.1, 0.15) is 24.2 Å². The van der Waals surface area contributed by atoms with Gasteiger partial charge in [-0.3, -0.25) is 0 Å². The van der Waals surface area contributed by atoms with Gasteiger partial charge in [0.1, 0.15) is 12.4 Å². The predicted octanol–water partition coefficient (Wildman–Crippen LogP) is 3.07. The largest absolute Gasteiger partial charge is 0.484 e. The van der Waals surface area contributed by atoms with Gasteiger partial charge in [-0.1, -0.05) is 12.1 Å². The number of rotatable bonds is 6. The fourth-order valence-corrected chi connectivity index (χ4v) is 2.46. The summed E-state index contributed by atoms with van der Waals surface area (Å²) in [5.41, 5.74) is 1.15. The molecule has 20 heavy (non-hydrogen) atoms. The van der Waals surface area contributed by atoms with E-state index in [2.05, 4.69) is 37.3 Å². The molecule has 0 spiro atoms. The van der Waals surface area contributed by atoms with Crippen molar-refractivity contribution in [2.45, 2.75) is 32.0 Å². The molecule has 104 valence electrons. The van der Waals surface area contributed by atoms with Gasteiger partial charge in [0.15, 0.2) is 5.82 Å². The van der Waals surface area contributed by atoms with Gasteiger partial charge in [0.25, 0.3) is 0 Å². The van der Waals surface area contributed by atoms with Gasteiger partial charge in [-0.25, -0.2) is 9.97 Å². The van der Waals surface area contributed by atoms with Crippen LogP contribution < -0.4 is 10.1 Å². The Hall–Kier alpha value is -1.46. The van der Waals surface area contributed by atoms with Crippen molar-refractivity contribution in [3.63, 3.8) is 0 Å². The van der Waals surface area contributed by atoms with Crippen molar-refractivity contribution in [1.82, 2.24) is 15.3 Å². The minimum atomic E-state index is 0.375. The molecule has 1 heterocycles. The molecule has 4 nitrogen and oxygen atoms in total. The Balaban J connectivity index is 1.69. The maximum absolute atomic E-state index is 5.89. The van der Waals surface area contributed by atoms with Gasteiger partial charge in [-0.2, -0.15) is 0 Å². The van der Waals surface area contributed by atoms with Crippen molar-refractivity contribution in [3.8, 4) is 5.75 Å². The average molecular weight is 334 g/mol. The number of nitrogens with one attached hydrogen (secondary N) is 1. The van der Waals surface area contributed by atoms with Crippen molar-refractivity contribution < 1.29 is 4.74 Å². The van der Waals surface area contributed by atoms with Crippen LogP contribution in [0.5, 0.6) is 5.75 Å². The summed E-state index contributed by atoms with van der Waals surface area (Å²) in [5.74, 6) is 1.55. The van der Waals surface area contributed by atoms with Crippen molar-refractivity contribution >= 4 is 15.9 Å². The Morgan fingerprint density at radius 2 is 2.00 bits per heavy atom. The van der Waals surface area contributed by atoms with Crippen LogP contribution in [0.2, 0.25) is 0 Å². The molecule has 0 radical (unpaired) electrons. The first-order chi connectivity index (χ1) is 9.83. The Morgan fingerprint density at radius 3 is 2.75 bits per heavy atom. The molecule has 2 aromatic rings. The number of benzene rings is 1. The van der Waals surface area contributed by atoms with E-state index in [4.69, 9.17) is 4.74 Å². The number of halogens is 1. The lowest BCUT2D eigenvalue weighted by molar-refractivity contribution is 0.290. The summed E-state index contributed by atoms with van der Waals surface area (Å²) >= 11 is 3.55. The Morgan fingerprint density at radius 1 is 1.20 bits per heavy atom. The average Bonchev–Trinajstić information content (AvgIpc) is 3.29. The topological polar surface area (TPSA) is 47.0 Å². The minimum Gasteiger partial charge on any atom is -0.484 e. The zero-order valence-electron chi connectivity index (χ0n) is 11.1. The number of para-hydroxylation sites is 1. The highest BCUT2D eigenvalue weighted by Crippen LogP contribution is 2.30. The summed E-state index contributed by atoms with van der Waals surface area (Å²) in [6.07, 6.45) is 6.01. The van der Waals surface area contributed by atoms with E-state index < -0.39 is 0 Å². The lowest BCUT2D eigenvalue weighted by atomic mass is 10.2. The van der Waals surface area contributed by atoms with Gasteiger partial charge in [0.2, 0.25) is 0 Å². The highest BCUT2D eigenvalue weighted by molar-refractivity contribution is 9.10. The molecule has 1 aromatic heterocycles. The normalized spacial score (nSPS) is 14.2. The van der Waals surface area contributed by atoms with Crippen LogP contribution in [0.15, 0.2) is 41.1 Å². The fourth-order valence-electron chi connectivity index (χ4n) is 1.94. The van der Waals surface area contributed by atoms with E-state index in [0.29, 0.717) is 18.5 Å². The van der Waals surface area contributed by atoms with E-state index >= 15 is 0 Å². The monoisotopic (exact) mass is 333 g/mol. The SMILES string of the molecule is Brc1cccc(CNC2CC2)c1OCc1ncccn1. The quantitative estimate of drug-likeness (QED) is 0.882. The van der Waals surface area contributed by atoms with E-state index in [1.807, 2.05) is 12.1 Å². The van der Waals surface area contributed by atoms with Crippen molar-refractivity contribution in [1.29, 1.82) is 0 Å². The van der Waals surface area contributed by atoms with Gasteiger partial charge in [0.05, 0.1) is 4.47 Å². The summed E-state index contributed by atoms with van der Waals surface area (Å²) < 4.78 is 6.86. The lowest BCUT2D eigenvalue weighted by Gasteiger charge is -2.13. The lowest BCUT2D eigenvalue weighted by Crippen LogP contribution is -2.16. The summed E-state index contributed by atoms with van der Waals surface area (Å²) in [6, 6.07) is 8.58. The zero-order chi connectivity index (χ0) is 13.8. The number of aromatic nitrogens is 2. The molecule has 1 aliphatic rings. The number of hydrogen-bond acceptors (Lipinski definition) is 4. The molecule has 0 bridgehead atoms. The van der Waals surface area contributed by atoms with E-state index in [-0.39, 0.29) is 0 Å². The molecule has 1 aromatic carbocycles. The molecule has 1 fully saturated rings. The second-order valence-electron chi connectivity index (χ2n) is 4.84. The van der Waals surface area contributed by atoms with Crippen LogP contribution in [0.4, 0.5) is 0 Å². The summed E-state index contributed by atoms with van der Waals surface area (Å²) in [5, 5.41) is 3.51. The molecule has 0 aliphatic heterocycles. The predicted molar refractivity (Wildman–Crippen MR) is 80.4 cm³/mol. The minimum absolute atomic E-state index is 0.375. The maximum Gasteiger partial charge on any atom is 0.166 e. The molecule has 1 saturated carbocycles. The van der Waals surface area contributed by atoms with E-state index in [1.165, 1.54) is 12.8 Å². The van der Waals surface area contributed by atoms with Crippen LogP contribution >= 0.6 is 15.9 Å². The van der Waals surface area contributed by atoms with Gasteiger partial charge in [-0.15, -0.1) is 0 Å². The number of ether oxygens (including phenoxy) is 1. The molecule has 0 atom stereocenters. The highest BCUT2D eigenvalue weighted by Gasteiger charge is 2.21. The van der Waals surface area contributed by atoms with Crippen LogP contribution in [-0.4, -0.2) is 16.0 Å². The van der Waals surface area contributed by atoms with Gasteiger partial charge in [-0.05, 0) is 40.9 Å². The summed E-state index contributed by atoms with van der Waals surface area (Å²) in [7, 11) is 0. The molecule has 0 saturated heterocycles. The van der Waals surface area contributed by atoms with Crippen LogP contribution in [0.25, 0.3) is 0 Å². The van der Waals surface area contributed by atoms with Crippen LogP contribution in [0, 0.1) is 0 Å². The van der Waals surface area contributed by atoms with Crippen molar-refractivity contribution in [2.24, 2.45) is 0 Å². The first-order valence-corrected chi connectivity index (χ1v) is 7.51. The van der Waals surface area contributed by atoms with Gasteiger partial charge >= 0.3 is 0 Å². The van der Waals surface area contributed by atoms with Crippen LogP contribution in [0.3, 0.4) is 0 Å². The molecule has 0 unspecified atom stereocenters. The molecule has 1 N–H and O–H groups in total. The summed E-state index contributed by atoms with van der Waals surface area (Å²) in [6.45, 7) is 1.20. The molecule has 0 amide bonds. The zero-order valence-corrected chi connectivity index (χ0v) is 12.6. The Kier molecular flexibility index (Phi) is 4.28. The van der Waals surface area contributed by atoms with Crippen molar-refractivity contribution in [3.05, 3.63) is 52.5 Å². The van der Waals surface area contributed by atoms with Gasteiger partial charge < -0.3 is 10.1 Å². The maximum atomic E-state index is 5.89. The smallest absolute Gasteiger partial charge is 0.166 e. The second-order valence-corrected chi connectivity index (χ2v) is 5.69. The molecule has 5 heteroatoms. The van der Waals surface area contributed by atoms with Crippen LogP contribution in [-0.2, 0) is 13.2 Å².